The molecular formula is C26H40N4. The Morgan fingerprint density at radius 3 is 2.57 bits per heavy atom. The Hall–Kier alpha value is -1.94. The average Bonchev–Trinajstić information content (AvgIpc) is 2.76. The van der Waals surface area contributed by atoms with Gasteiger partial charge >= 0.3 is 0 Å². The van der Waals surface area contributed by atoms with Crippen LogP contribution < -0.4 is 10.2 Å². The SMILES string of the molecule is C=CCCCCNCC1CCC(CCCc2nc(N(C)C)c3ccccc3n2)CC1. The molecule has 1 aromatic heterocycles. The standard InChI is InChI=1S/C26H40N4/c1-4-5-6-9-19-27-20-22-17-15-21(16-18-22)11-10-14-25-28-24-13-8-7-12-23(24)26(29-25)30(2)3/h4,7-8,12-13,21-22,27H,1,5-6,9-11,14-20H2,2-3H3. The van der Waals surface area contributed by atoms with E-state index in [1.54, 1.807) is 0 Å². The minimum Gasteiger partial charge on any atom is -0.362 e. The van der Waals surface area contributed by atoms with Gasteiger partial charge in [0.05, 0.1) is 5.52 Å². The van der Waals surface area contributed by atoms with E-state index < -0.39 is 0 Å². The number of allylic oxidation sites excluding steroid dienone is 1. The van der Waals surface area contributed by atoms with Crippen molar-refractivity contribution in [1.29, 1.82) is 0 Å². The molecule has 1 saturated carbocycles. The minimum absolute atomic E-state index is 0.882. The molecule has 0 spiro atoms. The minimum atomic E-state index is 0.882. The Morgan fingerprint density at radius 2 is 1.80 bits per heavy atom. The van der Waals surface area contributed by atoms with Crippen LogP contribution in [0, 0.1) is 11.8 Å². The van der Waals surface area contributed by atoms with Crippen molar-refractivity contribution in [2.45, 2.75) is 64.2 Å². The molecule has 30 heavy (non-hydrogen) atoms. The van der Waals surface area contributed by atoms with Crippen LogP contribution in [0.3, 0.4) is 0 Å². The Labute approximate surface area is 183 Å². The lowest BCUT2D eigenvalue weighted by Gasteiger charge is -2.28. The summed E-state index contributed by atoms with van der Waals surface area (Å²) in [5, 5.41) is 4.81. The van der Waals surface area contributed by atoms with Gasteiger partial charge in [0.2, 0.25) is 0 Å². The molecular weight excluding hydrogens is 368 g/mol. The summed E-state index contributed by atoms with van der Waals surface area (Å²) in [6.07, 6.45) is 14.8. The Morgan fingerprint density at radius 1 is 1.03 bits per heavy atom. The van der Waals surface area contributed by atoms with Crippen molar-refractivity contribution in [1.82, 2.24) is 15.3 Å². The second-order valence-corrected chi connectivity index (χ2v) is 9.14. The molecule has 1 heterocycles. The van der Waals surface area contributed by atoms with E-state index in [1.807, 2.05) is 6.08 Å². The van der Waals surface area contributed by atoms with Gasteiger partial charge in [0.25, 0.3) is 0 Å². The zero-order valence-electron chi connectivity index (χ0n) is 19.1. The molecule has 0 unspecified atom stereocenters. The zero-order valence-corrected chi connectivity index (χ0v) is 19.1. The molecule has 1 N–H and O–H groups in total. The highest BCUT2D eigenvalue weighted by Gasteiger charge is 2.20. The second-order valence-electron chi connectivity index (χ2n) is 9.14. The number of hydrogen-bond donors (Lipinski definition) is 1. The lowest BCUT2D eigenvalue weighted by atomic mass is 9.80. The van der Waals surface area contributed by atoms with Gasteiger partial charge in [-0.2, -0.15) is 0 Å². The van der Waals surface area contributed by atoms with Gasteiger partial charge in [-0.3, -0.25) is 0 Å². The third-order valence-corrected chi connectivity index (χ3v) is 6.48. The van der Waals surface area contributed by atoms with Gasteiger partial charge in [-0.15, -0.1) is 6.58 Å². The third-order valence-electron chi connectivity index (χ3n) is 6.48. The lowest BCUT2D eigenvalue weighted by Crippen LogP contribution is -2.27. The maximum Gasteiger partial charge on any atom is 0.139 e. The van der Waals surface area contributed by atoms with E-state index in [4.69, 9.17) is 9.97 Å². The monoisotopic (exact) mass is 408 g/mol. The predicted octanol–water partition coefficient (Wildman–Crippen LogP) is 5.77. The quantitative estimate of drug-likeness (QED) is 0.357. The summed E-state index contributed by atoms with van der Waals surface area (Å²) in [6.45, 7) is 6.16. The Bertz CT molecular complexity index is 778. The smallest absolute Gasteiger partial charge is 0.139 e. The fourth-order valence-corrected chi connectivity index (χ4v) is 4.68. The van der Waals surface area contributed by atoms with Crippen molar-refractivity contribution in [3.63, 3.8) is 0 Å². The molecule has 164 valence electrons. The highest BCUT2D eigenvalue weighted by molar-refractivity contribution is 5.89. The third kappa shape index (κ3) is 6.80. The van der Waals surface area contributed by atoms with Gasteiger partial charge in [-0.1, -0.05) is 37.5 Å². The number of benzene rings is 1. The zero-order chi connectivity index (χ0) is 21.2. The molecule has 0 saturated heterocycles. The number of nitrogens with one attached hydrogen (secondary N) is 1. The van der Waals surface area contributed by atoms with E-state index in [-0.39, 0.29) is 0 Å². The maximum atomic E-state index is 4.86. The van der Waals surface area contributed by atoms with Crippen molar-refractivity contribution in [2.75, 3.05) is 32.1 Å². The van der Waals surface area contributed by atoms with Gasteiger partial charge in [0.15, 0.2) is 0 Å². The second kappa shape index (κ2) is 12.0. The molecule has 4 nitrogen and oxygen atoms in total. The van der Waals surface area contributed by atoms with Crippen molar-refractivity contribution in [3.05, 3.63) is 42.7 Å². The number of rotatable bonds is 12. The molecule has 0 amide bonds. The normalized spacial score (nSPS) is 19.1. The molecule has 0 atom stereocenters. The van der Waals surface area contributed by atoms with Crippen LogP contribution >= 0.6 is 0 Å². The van der Waals surface area contributed by atoms with Gasteiger partial charge < -0.3 is 10.2 Å². The molecule has 0 bridgehead atoms. The number of anilines is 1. The van der Waals surface area contributed by atoms with E-state index in [9.17, 15) is 0 Å². The number of para-hydroxylation sites is 1. The molecule has 0 aliphatic heterocycles. The molecule has 4 heteroatoms. The van der Waals surface area contributed by atoms with Crippen LogP contribution in [-0.4, -0.2) is 37.2 Å². The Balaban J connectivity index is 1.38. The molecule has 2 aromatic rings. The highest BCUT2D eigenvalue weighted by atomic mass is 15.1. The predicted molar refractivity (Wildman–Crippen MR) is 129 cm³/mol. The highest BCUT2D eigenvalue weighted by Crippen LogP contribution is 2.31. The molecule has 1 aliphatic carbocycles. The maximum absolute atomic E-state index is 4.86. The fourth-order valence-electron chi connectivity index (χ4n) is 4.68. The molecule has 1 aromatic carbocycles. The summed E-state index contributed by atoms with van der Waals surface area (Å²) in [7, 11) is 4.13. The topological polar surface area (TPSA) is 41.1 Å². The van der Waals surface area contributed by atoms with Gasteiger partial charge in [-0.25, -0.2) is 9.97 Å². The van der Waals surface area contributed by atoms with E-state index in [1.165, 1.54) is 57.9 Å². The van der Waals surface area contributed by atoms with E-state index in [0.717, 1.165) is 53.8 Å². The van der Waals surface area contributed by atoms with Crippen molar-refractivity contribution >= 4 is 16.7 Å². The summed E-state index contributed by atoms with van der Waals surface area (Å²) in [4.78, 5) is 11.8. The van der Waals surface area contributed by atoms with E-state index >= 15 is 0 Å². The largest absolute Gasteiger partial charge is 0.362 e. The first-order chi connectivity index (χ1) is 14.7. The van der Waals surface area contributed by atoms with Crippen LogP contribution in [0.2, 0.25) is 0 Å². The molecule has 1 fully saturated rings. The number of unbranched alkanes of at least 4 members (excludes halogenated alkanes) is 2. The molecule has 0 radical (unpaired) electrons. The molecule has 3 rings (SSSR count). The first kappa shape index (κ1) is 22.7. The first-order valence-electron chi connectivity index (χ1n) is 11.9. The van der Waals surface area contributed by atoms with Crippen LogP contribution in [0.25, 0.3) is 10.9 Å². The van der Waals surface area contributed by atoms with Crippen molar-refractivity contribution in [2.24, 2.45) is 11.8 Å². The average molecular weight is 409 g/mol. The lowest BCUT2D eigenvalue weighted by molar-refractivity contribution is 0.254. The number of nitrogens with zero attached hydrogens (tertiary/aromatic N) is 3. The van der Waals surface area contributed by atoms with Crippen molar-refractivity contribution < 1.29 is 0 Å². The fraction of sp³-hybridized carbons (Fsp3) is 0.615. The summed E-state index contributed by atoms with van der Waals surface area (Å²) in [6, 6.07) is 8.34. The molecule has 1 aliphatic rings. The van der Waals surface area contributed by atoms with Crippen LogP contribution in [-0.2, 0) is 6.42 Å². The van der Waals surface area contributed by atoms with E-state index in [0.29, 0.717) is 0 Å². The van der Waals surface area contributed by atoms with Gasteiger partial charge in [-0.05, 0) is 75.6 Å². The van der Waals surface area contributed by atoms with Crippen molar-refractivity contribution in [3.8, 4) is 0 Å². The first-order valence-corrected chi connectivity index (χ1v) is 11.9. The van der Waals surface area contributed by atoms with Crippen LogP contribution in [0.1, 0.15) is 63.6 Å². The van der Waals surface area contributed by atoms with Crippen LogP contribution in [0.15, 0.2) is 36.9 Å². The summed E-state index contributed by atoms with van der Waals surface area (Å²) in [5.74, 6) is 3.80. The summed E-state index contributed by atoms with van der Waals surface area (Å²) in [5.41, 5.74) is 1.06. The number of hydrogen-bond acceptors (Lipinski definition) is 4. The number of aromatic nitrogens is 2. The van der Waals surface area contributed by atoms with Crippen LogP contribution in [0.4, 0.5) is 5.82 Å². The van der Waals surface area contributed by atoms with Gasteiger partial charge in [0, 0.05) is 25.9 Å². The number of aryl methyl sites for hydroxylation is 1. The number of fused-ring (bicyclic) bond motifs is 1. The van der Waals surface area contributed by atoms with Gasteiger partial charge in [0.1, 0.15) is 11.6 Å². The van der Waals surface area contributed by atoms with Crippen LogP contribution in [0.5, 0.6) is 0 Å². The Kier molecular flexibility index (Phi) is 9.13. The summed E-state index contributed by atoms with van der Waals surface area (Å²) >= 11 is 0. The summed E-state index contributed by atoms with van der Waals surface area (Å²) < 4.78 is 0. The van der Waals surface area contributed by atoms with E-state index in [2.05, 4.69) is 55.2 Å².